The highest BCUT2D eigenvalue weighted by molar-refractivity contribution is 5.68. The molecular weight excluding hydrogens is 260 g/mol. The number of anilines is 1. The minimum Gasteiger partial charge on any atom is -0.444 e. The Bertz CT molecular complexity index is 508. The number of carbonyl (C=O) groups excluding carboxylic acids is 1. The van der Waals surface area contributed by atoms with Crippen LogP contribution < -0.4 is 5.32 Å². The second-order valence-electron chi connectivity index (χ2n) is 6.37. The van der Waals surface area contributed by atoms with Gasteiger partial charge in [-0.3, -0.25) is 0 Å². The van der Waals surface area contributed by atoms with Crippen molar-refractivity contribution in [2.24, 2.45) is 5.92 Å². The fourth-order valence-electron chi connectivity index (χ4n) is 2.79. The molecule has 8 nitrogen and oxygen atoms in total. The Balaban J connectivity index is 1.67. The van der Waals surface area contributed by atoms with Crippen LogP contribution in [-0.4, -0.2) is 56.4 Å². The van der Waals surface area contributed by atoms with E-state index in [1.807, 2.05) is 25.5 Å². The lowest BCUT2D eigenvalue weighted by Crippen LogP contribution is -2.50. The van der Waals surface area contributed by atoms with Gasteiger partial charge in [-0.2, -0.15) is 0 Å². The van der Waals surface area contributed by atoms with E-state index in [0.717, 1.165) is 18.9 Å². The molecule has 1 saturated heterocycles. The van der Waals surface area contributed by atoms with Gasteiger partial charge in [0.2, 0.25) is 5.95 Å². The Morgan fingerprint density at radius 1 is 1.45 bits per heavy atom. The third kappa shape index (κ3) is 2.41. The Morgan fingerprint density at radius 2 is 2.25 bits per heavy atom. The van der Waals surface area contributed by atoms with Crippen molar-refractivity contribution in [1.29, 1.82) is 0 Å². The van der Waals surface area contributed by atoms with Crippen molar-refractivity contribution in [2.75, 3.05) is 25.0 Å². The normalized spacial score (nSPS) is 25.4. The number of carbonyl (C=O) groups is 1. The van der Waals surface area contributed by atoms with Crippen LogP contribution in [0.2, 0.25) is 0 Å². The largest absolute Gasteiger partial charge is 0.444 e. The summed E-state index contributed by atoms with van der Waals surface area (Å²) in [5, 5.41) is 14.9. The van der Waals surface area contributed by atoms with Crippen LogP contribution in [0.4, 0.5) is 10.7 Å². The Kier molecular flexibility index (Phi) is 3.02. The molecule has 3 heterocycles. The van der Waals surface area contributed by atoms with Crippen LogP contribution in [0.15, 0.2) is 0 Å². The number of piperidine rings is 1. The highest BCUT2D eigenvalue weighted by Crippen LogP contribution is 2.33. The van der Waals surface area contributed by atoms with Gasteiger partial charge >= 0.3 is 6.09 Å². The Hall–Kier alpha value is -1.86. The van der Waals surface area contributed by atoms with Gasteiger partial charge in [-0.25, -0.2) is 9.48 Å². The summed E-state index contributed by atoms with van der Waals surface area (Å²) in [6.07, 6.45) is 0.613. The second-order valence-corrected chi connectivity index (χ2v) is 6.37. The van der Waals surface area contributed by atoms with Gasteiger partial charge in [-0.05, 0) is 37.6 Å². The standard InChI is InChI=1S/C12H20N6O2/c1-12(2,3)20-11(19)17-5-4-9-8(7-17)6-13-10-14-15-16-18(9)10/h8-9H,4-7H2,1-3H3,(H,13,14,16). The first-order chi connectivity index (χ1) is 9.44. The molecule has 1 fully saturated rings. The van der Waals surface area contributed by atoms with E-state index in [1.54, 1.807) is 4.90 Å². The van der Waals surface area contributed by atoms with E-state index >= 15 is 0 Å². The van der Waals surface area contributed by atoms with Gasteiger partial charge in [-0.15, -0.1) is 0 Å². The van der Waals surface area contributed by atoms with Gasteiger partial charge in [0.05, 0.1) is 6.04 Å². The lowest BCUT2D eigenvalue weighted by molar-refractivity contribution is 0.0106. The molecule has 20 heavy (non-hydrogen) atoms. The molecule has 3 rings (SSSR count). The van der Waals surface area contributed by atoms with Crippen molar-refractivity contribution in [3.8, 4) is 0 Å². The first-order valence-corrected chi connectivity index (χ1v) is 6.94. The maximum absolute atomic E-state index is 12.1. The Labute approximate surface area is 117 Å². The third-order valence-electron chi connectivity index (χ3n) is 3.67. The Morgan fingerprint density at radius 3 is 3.00 bits per heavy atom. The van der Waals surface area contributed by atoms with Gasteiger partial charge < -0.3 is 15.0 Å². The summed E-state index contributed by atoms with van der Waals surface area (Å²) in [5.41, 5.74) is -0.457. The zero-order chi connectivity index (χ0) is 14.3. The number of tetrazole rings is 1. The van der Waals surface area contributed by atoms with Crippen molar-refractivity contribution in [3.63, 3.8) is 0 Å². The fraction of sp³-hybridized carbons (Fsp3) is 0.833. The molecule has 1 N–H and O–H groups in total. The van der Waals surface area contributed by atoms with Crippen molar-refractivity contribution < 1.29 is 9.53 Å². The first kappa shape index (κ1) is 13.1. The molecule has 110 valence electrons. The molecule has 0 saturated carbocycles. The fourth-order valence-corrected chi connectivity index (χ4v) is 2.79. The lowest BCUT2D eigenvalue weighted by Gasteiger charge is -2.41. The van der Waals surface area contributed by atoms with E-state index in [1.165, 1.54) is 0 Å². The summed E-state index contributed by atoms with van der Waals surface area (Å²) in [4.78, 5) is 13.9. The van der Waals surface area contributed by atoms with Crippen LogP contribution >= 0.6 is 0 Å². The van der Waals surface area contributed by atoms with Crippen molar-refractivity contribution in [1.82, 2.24) is 25.1 Å². The number of aromatic nitrogens is 4. The van der Waals surface area contributed by atoms with Crippen LogP contribution in [0.5, 0.6) is 0 Å². The monoisotopic (exact) mass is 280 g/mol. The number of rotatable bonds is 0. The smallest absolute Gasteiger partial charge is 0.410 e. The molecule has 2 aliphatic rings. The van der Waals surface area contributed by atoms with Gasteiger partial charge in [0, 0.05) is 25.6 Å². The number of nitrogens with zero attached hydrogens (tertiary/aromatic N) is 5. The zero-order valence-corrected chi connectivity index (χ0v) is 12.0. The quantitative estimate of drug-likeness (QED) is 0.760. The molecule has 0 radical (unpaired) electrons. The van der Waals surface area contributed by atoms with Crippen molar-refractivity contribution in [3.05, 3.63) is 0 Å². The van der Waals surface area contributed by atoms with E-state index in [2.05, 4.69) is 20.8 Å². The lowest BCUT2D eigenvalue weighted by atomic mass is 9.91. The van der Waals surface area contributed by atoms with E-state index in [4.69, 9.17) is 4.74 Å². The summed E-state index contributed by atoms with van der Waals surface area (Å²) in [7, 11) is 0. The van der Waals surface area contributed by atoms with Gasteiger partial charge in [0.1, 0.15) is 5.60 Å². The molecule has 2 unspecified atom stereocenters. The van der Waals surface area contributed by atoms with E-state index in [0.29, 0.717) is 19.0 Å². The van der Waals surface area contributed by atoms with E-state index in [9.17, 15) is 4.79 Å². The number of hydrogen-bond acceptors (Lipinski definition) is 6. The van der Waals surface area contributed by atoms with Gasteiger partial charge in [0.25, 0.3) is 0 Å². The average Bonchev–Trinajstić information content (AvgIpc) is 2.84. The van der Waals surface area contributed by atoms with Gasteiger partial charge in [0.15, 0.2) is 0 Å². The molecule has 1 aromatic rings. The predicted molar refractivity (Wildman–Crippen MR) is 71.3 cm³/mol. The predicted octanol–water partition coefficient (Wildman–Crippen LogP) is 0.897. The number of likely N-dealkylation sites (tertiary alicyclic amines) is 1. The number of amides is 1. The maximum atomic E-state index is 12.1. The van der Waals surface area contributed by atoms with Crippen LogP contribution in [0.1, 0.15) is 33.2 Å². The van der Waals surface area contributed by atoms with E-state index < -0.39 is 5.60 Å². The van der Waals surface area contributed by atoms with Crippen LogP contribution in [0.25, 0.3) is 0 Å². The molecule has 2 aliphatic heterocycles. The SMILES string of the molecule is CC(C)(C)OC(=O)N1CCC2C(CNc3nnnn32)C1. The van der Waals surface area contributed by atoms with E-state index in [-0.39, 0.29) is 12.1 Å². The minimum absolute atomic E-state index is 0.238. The number of nitrogens with one attached hydrogen (secondary N) is 1. The molecular formula is C12H20N6O2. The molecule has 2 atom stereocenters. The van der Waals surface area contributed by atoms with Crippen LogP contribution in [0, 0.1) is 5.92 Å². The topological polar surface area (TPSA) is 85.2 Å². The zero-order valence-electron chi connectivity index (χ0n) is 12.0. The van der Waals surface area contributed by atoms with Gasteiger partial charge in [-0.1, -0.05) is 5.10 Å². The van der Waals surface area contributed by atoms with Crippen molar-refractivity contribution in [2.45, 2.75) is 38.8 Å². The highest BCUT2D eigenvalue weighted by Gasteiger charge is 2.38. The summed E-state index contributed by atoms with van der Waals surface area (Å²) in [5.74, 6) is 1.03. The summed E-state index contributed by atoms with van der Waals surface area (Å²) < 4.78 is 7.26. The third-order valence-corrected chi connectivity index (χ3v) is 3.67. The summed E-state index contributed by atoms with van der Waals surface area (Å²) in [6, 6.07) is 0.264. The molecule has 0 spiro atoms. The average molecular weight is 280 g/mol. The highest BCUT2D eigenvalue weighted by atomic mass is 16.6. The van der Waals surface area contributed by atoms with Crippen LogP contribution in [-0.2, 0) is 4.74 Å². The summed E-state index contributed by atoms with van der Waals surface area (Å²) in [6.45, 7) is 7.78. The first-order valence-electron chi connectivity index (χ1n) is 6.94. The molecule has 1 amide bonds. The summed E-state index contributed by atoms with van der Waals surface area (Å²) >= 11 is 0. The minimum atomic E-state index is -0.457. The molecule has 0 aromatic carbocycles. The molecule has 0 bridgehead atoms. The molecule has 1 aromatic heterocycles. The van der Waals surface area contributed by atoms with Crippen molar-refractivity contribution >= 4 is 12.0 Å². The molecule has 0 aliphatic carbocycles. The maximum Gasteiger partial charge on any atom is 0.410 e. The second kappa shape index (κ2) is 4.60. The number of fused-ring (bicyclic) bond motifs is 3. The molecule has 8 heteroatoms. The number of hydrogen-bond donors (Lipinski definition) is 1. The van der Waals surface area contributed by atoms with Crippen LogP contribution in [0.3, 0.4) is 0 Å². The number of ether oxygens (including phenoxy) is 1.